The van der Waals surface area contributed by atoms with Gasteiger partial charge in [-0.15, -0.1) is 0 Å². The van der Waals surface area contributed by atoms with E-state index in [1.165, 1.54) is 0 Å². The minimum atomic E-state index is 0.524. The van der Waals surface area contributed by atoms with Crippen molar-refractivity contribution in [3.63, 3.8) is 0 Å². The summed E-state index contributed by atoms with van der Waals surface area (Å²) in [4.78, 5) is 0. The third-order valence-corrected chi connectivity index (χ3v) is 2.06. The van der Waals surface area contributed by atoms with Gasteiger partial charge >= 0.3 is 0 Å². The van der Waals surface area contributed by atoms with Crippen LogP contribution in [0.25, 0.3) is 0 Å². The summed E-state index contributed by atoms with van der Waals surface area (Å²) in [6.45, 7) is 1.55. The molecule has 0 atom stereocenters. The molecule has 1 radical (unpaired) electrons. The lowest BCUT2D eigenvalue weighted by Gasteiger charge is -2.02. The first-order valence-electron chi connectivity index (χ1n) is 3.05. The molecule has 0 aliphatic rings. The Labute approximate surface area is 75.9 Å². The Morgan fingerprint density at radius 1 is 1.36 bits per heavy atom. The van der Waals surface area contributed by atoms with Gasteiger partial charge in [-0.3, -0.25) is 0 Å². The van der Waals surface area contributed by atoms with Crippen LogP contribution < -0.4 is 0 Å². The van der Waals surface area contributed by atoms with Gasteiger partial charge in [0, 0.05) is 12.7 Å². The molecule has 0 unspecified atom stereocenters. The van der Waals surface area contributed by atoms with E-state index in [1.54, 1.807) is 19.8 Å². The van der Waals surface area contributed by atoms with Crippen LogP contribution in [0.3, 0.4) is 0 Å². The quantitative estimate of drug-likeness (QED) is 0.695. The number of halogens is 2. The van der Waals surface area contributed by atoms with Gasteiger partial charge in [0.05, 0.1) is 10.0 Å². The topological polar surface area (TPSA) is 9.23 Å². The van der Waals surface area contributed by atoms with Crippen LogP contribution in [0.1, 0.15) is 5.56 Å². The summed E-state index contributed by atoms with van der Waals surface area (Å²) in [5.74, 6) is 0. The Kier molecular flexibility index (Phi) is 3.18. The first-order chi connectivity index (χ1) is 5.25. The molecular weight excluding hydrogens is 183 g/mol. The number of hydrogen-bond donors (Lipinski definition) is 0. The van der Waals surface area contributed by atoms with Gasteiger partial charge in [-0.05, 0) is 6.07 Å². The van der Waals surface area contributed by atoms with Gasteiger partial charge in [0.2, 0.25) is 0 Å². The molecule has 0 aromatic heterocycles. The van der Waals surface area contributed by atoms with E-state index in [-0.39, 0.29) is 0 Å². The van der Waals surface area contributed by atoms with Crippen molar-refractivity contribution in [2.75, 3.05) is 7.11 Å². The van der Waals surface area contributed by atoms with Crippen LogP contribution in [0.5, 0.6) is 0 Å². The highest BCUT2D eigenvalue weighted by Gasteiger charge is 2.02. The van der Waals surface area contributed by atoms with Crippen molar-refractivity contribution in [2.45, 2.75) is 0 Å². The third kappa shape index (κ3) is 2.09. The van der Waals surface area contributed by atoms with Crippen LogP contribution in [0.4, 0.5) is 0 Å². The molecule has 1 aromatic carbocycles. The van der Waals surface area contributed by atoms with E-state index in [4.69, 9.17) is 27.9 Å². The molecule has 0 N–H and O–H groups in total. The Morgan fingerprint density at radius 2 is 2.09 bits per heavy atom. The van der Waals surface area contributed by atoms with Gasteiger partial charge in [-0.25, -0.2) is 0 Å². The smallest absolute Gasteiger partial charge is 0.114 e. The predicted molar refractivity (Wildman–Crippen MR) is 46.9 cm³/mol. The average molecular weight is 190 g/mol. The van der Waals surface area contributed by atoms with E-state index in [1.807, 2.05) is 12.1 Å². The average Bonchev–Trinajstić information content (AvgIpc) is 1.99. The van der Waals surface area contributed by atoms with E-state index in [0.717, 1.165) is 5.56 Å². The van der Waals surface area contributed by atoms with Gasteiger partial charge < -0.3 is 4.74 Å². The first kappa shape index (κ1) is 8.85. The highest BCUT2D eigenvalue weighted by molar-refractivity contribution is 6.42. The minimum absolute atomic E-state index is 0.524. The van der Waals surface area contributed by atoms with Crippen molar-refractivity contribution >= 4 is 23.2 Å². The molecule has 11 heavy (non-hydrogen) atoms. The fourth-order valence-electron chi connectivity index (χ4n) is 0.738. The third-order valence-electron chi connectivity index (χ3n) is 1.23. The van der Waals surface area contributed by atoms with E-state index >= 15 is 0 Å². The Bertz CT molecular complexity index is 248. The van der Waals surface area contributed by atoms with Crippen molar-refractivity contribution in [3.8, 4) is 0 Å². The Hall–Kier alpha value is -0.240. The molecule has 0 saturated carbocycles. The predicted octanol–water partition coefficient (Wildman–Crippen LogP) is 3.15. The SMILES string of the molecule is CO[CH]c1cccc(Cl)c1Cl. The molecule has 0 heterocycles. The molecule has 1 rings (SSSR count). The van der Waals surface area contributed by atoms with Crippen molar-refractivity contribution < 1.29 is 4.74 Å². The number of benzene rings is 1. The van der Waals surface area contributed by atoms with E-state index in [0.29, 0.717) is 10.0 Å². The molecule has 0 fully saturated rings. The van der Waals surface area contributed by atoms with Crippen LogP contribution in [0.2, 0.25) is 10.0 Å². The molecule has 3 heteroatoms. The summed E-state index contributed by atoms with van der Waals surface area (Å²) in [6.07, 6.45) is 0. The van der Waals surface area contributed by atoms with Gasteiger partial charge in [0.25, 0.3) is 0 Å². The summed E-state index contributed by atoms with van der Waals surface area (Å²) in [5, 5.41) is 1.06. The second-order valence-electron chi connectivity index (χ2n) is 2.00. The van der Waals surface area contributed by atoms with Crippen LogP contribution in [0, 0.1) is 6.61 Å². The molecular formula is C8H7Cl2O. The first-order valence-corrected chi connectivity index (χ1v) is 3.81. The van der Waals surface area contributed by atoms with Crippen molar-refractivity contribution in [1.82, 2.24) is 0 Å². The normalized spacial score (nSPS) is 10.1. The maximum Gasteiger partial charge on any atom is 0.114 e. The van der Waals surface area contributed by atoms with Crippen molar-refractivity contribution in [3.05, 3.63) is 40.4 Å². The lowest BCUT2D eigenvalue weighted by Crippen LogP contribution is -1.85. The zero-order valence-corrected chi connectivity index (χ0v) is 7.49. The lowest BCUT2D eigenvalue weighted by atomic mass is 10.2. The minimum Gasteiger partial charge on any atom is -0.374 e. The van der Waals surface area contributed by atoms with Crippen LogP contribution in [0.15, 0.2) is 18.2 Å². The van der Waals surface area contributed by atoms with Gasteiger partial charge in [0.1, 0.15) is 6.61 Å². The van der Waals surface area contributed by atoms with E-state index in [2.05, 4.69) is 0 Å². The highest BCUT2D eigenvalue weighted by Crippen LogP contribution is 2.26. The standard InChI is InChI=1S/C8H7Cl2O/c1-11-5-6-3-2-4-7(9)8(6)10/h2-5H,1H3. The fraction of sp³-hybridized carbons (Fsp3) is 0.125. The number of methoxy groups -OCH3 is 1. The number of ether oxygens (including phenoxy) is 1. The second kappa shape index (κ2) is 3.96. The summed E-state index contributed by atoms with van der Waals surface area (Å²) in [5.41, 5.74) is 0.793. The maximum atomic E-state index is 5.83. The summed E-state index contributed by atoms with van der Waals surface area (Å²) >= 11 is 11.6. The zero-order chi connectivity index (χ0) is 8.27. The summed E-state index contributed by atoms with van der Waals surface area (Å²) in [7, 11) is 1.57. The molecule has 0 amide bonds. The lowest BCUT2D eigenvalue weighted by molar-refractivity contribution is 0.292. The second-order valence-corrected chi connectivity index (χ2v) is 2.78. The largest absolute Gasteiger partial charge is 0.374 e. The van der Waals surface area contributed by atoms with Crippen LogP contribution in [-0.4, -0.2) is 7.11 Å². The molecule has 59 valence electrons. The molecule has 1 aromatic rings. The maximum absolute atomic E-state index is 5.83. The van der Waals surface area contributed by atoms with Crippen molar-refractivity contribution in [1.29, 1.82) is 0 Å². The fourth-order valence-corrected chi connectivity index (χ4v) is 1.09. The molecule has 0 bridgehead atoms. The highest BCUT2D eigenvalue weighted by atomic mass is 35.5. The van der Waals surface area contributed by atoms with Crippen LogP contribution >= 0.6 is 23.2 Å². The number of rotatable bonds is 2. The Balaban J connectivity index is 2.96. The molecule has 0 spiro atoms. The summed E-state index contributed by atoms with van der Waals surface area (Å²) < 4.78 is 4.80. The van der Waals surface area contributed by atoms with E-state index < -0.39 is 0 Å². The zero-order valence-electron chi connectivity index (χ0n) is 5.97. The van der Waals surface area contributed by atoms with Gasteiger partial charge in [0.15, 0.2) is 0 Å². The monoisotopic (exact) mass is 189 g/mol. The molecule has 1 nitrogen and oxygen atoms in total. The molecule has 0 aliphatic carbocycles. The molecule has 0 aliphatic heterocycles. The van der Waals surface area contributed by atoms with E-state index in [9.17, 15) is 0 Å². The van der Waals surface area contributed by atoms with Crippen molar-refractivity contribution in [2.24, 2.45) is 0 Å². The molecule has 0 saturated heterocycles. The summed E-state index contributed by atoms with van der Waals surface area (Å²) in [6, 6.07) is 5.38. The van der Waals surface area contributed by atoms with Crippen LogP contribution in [-0.2, 0) is 4.74 Å². The van der Waals surface area contributed by atoms with Gasteiger partial charge in [-0.1, -0.05) is 35.3 Å². The number of hydrogen-bond acceptors (Lipinski definition) is 1. The Morgan fingerprint density at radius 3 is 2.73 bits per heavy atom. The van der Waals surface area contributed by atoms with Gasteiger partial charge in [-0.2, -0.15) is 0 Å².